The van der Waals surface area contributed by atoms with Crippen LogP contribution in [0.15, 0.2) is 85.1 Å². The molecule has 0 spiro atoms. The number of carbonyl (C=O) groups is 1. The van der Waals surface area contributed by atoms with Crippen molar-refractivity contribution in [2.24, 2.45) is 0 Å². The summed E-state index contributed by atoms with van der Waals surface area (Å²) < 4.78 is 1.91. The van der Waals surface area contributed by atoms with Crippen molar-refractivity contribution < 1.29 is 4.79 Å². The van der Waals surface area contributed by atoms with E-state index in [2.05, 4.69) is 41.6 Å². The minimum Gasteiger partial charge on any atom is -0.348 e. The first-order chi connectivity index (χ1) is 16.5. The van der Waals surface area contributed by atoms with Gasteiger partial charge in [0.1, 0.15) is 0 Å². The molecule has 0 bridgehead atoms. The number of carbonyl (C=O) groups excluding carboxylic acids is 1. The largest absolute Gasteiger partial charge is 0.348 e. The molecule has 2 aromatic heterocycles. The zero-order chi connectivity index (χ0) is 23.7. The minimum absolute atomic E-state index is 0.119. The Morgan fingerprint density at radius 1 is 0.882 bits per heavy atom. The summed E-state index contributed by atoms with van der Waals surface area (Å²) in [6, 6.07) is 26.1. The summed E-state index contributed by atoms with van der Waals surface area (Å²) in [5.74, 6) is -0.119. The molecule has 0 atom stereocenters. The zero-order valence-corrected chi connectivity index (χ0v) is 19.5. The van der Waals surface area contributed by atoms with Crippen LogP contribution in [0.4, 0.5) is 0 Å². The van der Waals surface area contributed by atoms with Crippen LogP contribution in [0.1, 0.15) is 32.7 Å². The molecule has 0 saturated heterocycles. The molecule has 5 nitrogen and oxygen atoms in total. The summed E-state index contributed by atoms with van der Waals surface area (Å²) >= 11 is 0. The lowest BCUT2D eigenvalue weighted by Gasteiger charge is -2.12. The van der Waals surface area contributed by atoms with Gasteiger partial charge in [0.05, 0.1) is 34.4 Å². The Kier molecular flexibility index (Phi) is 5.68. The maximum atomic E-state index is 13.3. The third-order valence-corrected chi connectivity index (χ3v) is 6.07. The fourth-order valence-corrected chi connectivity index (χ4v) is 4.15. The lowest BCUT2D eigenvalue weighted by Crippen LogP contribution is -2.23. The van der Waals surface area contributed by atoms with Crippen molar-refractivity contribution >= 4 is 16.8 Å². The number of nitrogens with zero attached hydrogens (tertiary/aromatic N) is 3. The molecule has 2 heterocycles. The monoisotopic (exact) mass is 446 g/mol. The van der Waals surface area contributed by atoms with Crippen LogP contribution < -0.4 is 5.32 Å². The summed E-state index contributed by atoms with van der Waals surface area (Å²) in [6.45, 7) is 6.58. The van der Waals surface area contributed by atoms with E-state index in [1.165, 1.54) is 5.56 Å². The molecule has 0 aliphatic heterocycles. The Morgan fingerprint density at radius 3 is 2.38 bits per heavy atom. The van der Waals surface area contributed by atoms with Crippen LogP contribution in [-0.4, -0.2) is 20.7 Å². The van der Waals surface area contributed by atoms with Crippen molar-refractivity contribution in [2.75, 3.05) is 0 Å². The van der Waals surface area contributed by atoms with Gasteiger partial charge >= 0.3 is 0 Å². The van der Waals surface area contributed by atoms with Gasteiger partial charge in [-0.05, 0) is 56.7 Å². The topological polar surface area (TPSA) is 59.8 Å². The molecule has 0 unspecified atom stereocenters. The Bertz CT molecular complexity index is 1480. The second-order valence-electron chi connectivity index (χ2n) is 8.63. The summed E-state index contributed by atoms with van der Waals surface area (Å²) in [5.41, 5.74) is 8.34. The maximum absolute atomic E-state index is 13.3. The molecule has 0 aliphatic rings. The third kappa shape index (κ3) is 4.20. The molecule has 0 aliphatic carbocycles. The van der Waals surface area contributed by atoms with E-state index in [-0.39, 0.29) is 5.91 Å². The first-order valence-electron chi connectivity index (χ1n) is 11.3. The highest BCUT2D eigenvalue weighted by Gasteiger charge is 2.17. The average molecular weight is 447 g/mol. The van der Waals surface area contributed by atoms with E-state index >= 15 is 0 Å². The van der Waals surface area contributed by atoms with E-state index in [1.54, 1.807) is 0 Å². The van der Waals surface area contributed by atoms with Crippen LogP contribution in [0, 0.1) is 20.8 Å². The number of amides is 1. The van der Waals surface area contributed by atoms with Gasteiger partial charge in [0.25, 0.3) is 5.91 Å². The fourth-order valence-electron chi connectivity index (χ4n) is 4.15. The second kappa shape index (κ2) is 8.94. The predicted octanol–water partition coefficient (Wildman–Crippen LogP) is 5.94. The Morgan fingerprint density at radius 2 is 1.62 bits per heavy atom. The van der Waals surface area contributed by atoms with Crippen molar-refractivity contribution in [1.82, 2.24) is 20.1 Å². The number of aryl methyl sites for hydroxylation is 2. The summed E-state index contributed by atoms with van der Waals surface area (Å²) in [4.78, 5) is 18.2. The fraction of sp³-hybridized carbons (Fsp3) is 0.138. The molecule has 168 valence electrons. The molecule has 0 saturated carbocycles. The van der Waals surface area contributed by atoms with Gasteiger partial charge in [-0.2, -0.15) is 5.10 Å². The van der Waals surface area contributed by atoms with E-state index in [0.717, 1.165) is 44.7 Å². The lowest BCUT2D eigenvalue weighted by molar-refractivity contribution is 0.0952. The van der Waals surface area contributed by atoms with E-state index in [9.17, 15) is 4.79 Å². The van der Waals surface area contributed by atoms with Gasteiger partial charge in [-0.25, -0.2) is 9.67 Å². The van der Waals surface area contributed by atoms with Gasteiger partial charge in [-0.3, -0.25) is 4.79 Å². The van der Waals surface area contributed by atoms with Crippen molar-refractivity contribution in [3.05, 3.63) is 113 Å². The van der Waals surface area contributed by atoms with Gasteiger partial charge in [-0.1, -0.05) is 59.7 Å². The first kappa shape index (κ1) is 21.6. The number of benzene rings is 3. The molecule has 1 N–H and O–H groups in total. The average Bonchev–Trinajstić information content (AvgIpc) is 3.24. The molecule has 5 aromatic rings. The van der Waals surface area contributed by atoms with Gasteiger partial charge < -0.3 is 5.32 Å². The second-order valence-corrected chi connectivity index (χ2v) is 8.63. The highest BCUT2D eigenvalue weighted by Crippen LogP contribution is 2.29. The van der Waals surface area contributed by atoms with Crippen molar-refractivity contribution in [3.63, 3.8) is 0 Å². The third-order valence-electron chi connectivity index (χ3n) is 6.07. The standard InChI is InChI=1S/C29H26N4O/c1-19-9-12-23(13-10-19)33-21(3)26(18-31-33)28-16-25(24-15-20(2)11-14-27(24)32-28)29(34)30-17-22-7-5-4-6-8-22/h4-16,18H,17H2,1-3H3,(H,30,34). The quantitative estimate of drug-likeness (QED) is 0.363. The lowest BCUT2D eigenvalue weighted by atomic mass is 10.0. The maximum Gasteiger partial charge on any atom is 0.252 e. The van der Waals surface area contributed by atoms with Crippen LogP contribution in [0.2, 0.25) is 0 Å². The van der Waals surface area contributed by atoms with Gasteiger partial charge in [-0.15, -0.1) is 0 Å². The number of hydrogen-bond donors (Lipinski definition) is 1. The van der Waals surface area contributed by atoms with Gasteiger partial charge in [0.15, 0.2) is 0 Å². The van der Waals surface area contributed by atoms with E-state index in [4.69, 9.17) is 4.98 Å². The van der Waals surface area contributed by atoms with Crippen molar-refractivity contribution in [3.8, 4) is 16.9 Å². The van der Waals surface area contributed by atoms with E-state index in [0.29, 0.717) is 12.1 Å². The number of nitrogens with one attached hydrogen (secondary N) is 1. The highest BCUT2D eigenvalue weighted by molar-refractivity contribution is 6.07. The molecular weight excluding hydrogens is 420 g/mol. The van der Waals surface area contributed by atoms with Crippen LogP contribution >= 0.6 is 0 Å². The van der Waals surface area contributed by atoms with Crippen molar-refractivity contribution in [1.29, 1.82) is 0 Å². The zero-order valence-electron chi connectivity index (χ0n) is 19.5. The van der Waals surface area contributed by atoms with Gasteiger partial charge in [0, 0.05) is 17.5 Å². The van der Waals surface area contributed by atoms with Crippen LogP contribution in [0.3, 0.4) is 0 Å². The SMILES string of the molecule is Cc1ccc(-n2ncc(-c3cc(C(=O)NCc4ccccc4)c4cc(C)ccc4n3)c2C)cc1. The molecule has 3 aromatic carbocycles. The molecule has 0 radical (unpaired) electrons. The van der Waals surface area contributed by atoms with Crippen LogP contribution in [-0.2, 0) is 6.54 Å². The Labute approximate surface area is 199 Å². The number of aromatic nitrogens is 3. The summed E-state index contributed by atoms with van der Waals surface area (Å²) in [7, 11) is 0. The number of fused-ring (bicyclic) bond motifs is 1. The molecule has 34 heavy (non-hydrogen) atoms. The molecule has 5 rings (SSSR count). The molecule has 1 amide bonds. The predicted molar refractivity (Wildman–Crippen MR) is 136 cm³/mol. The van der Waals surface area contributed by atoms with Crippen LogP contribution in [0.25, 0.3) is 27.8 Å². The van der Waals surface area contributed by atoms with Gasteiger partial charge in [0.2, 0.25) is 0 Å². The molecular formula is C29H26N4O. The number of rotatable bonds is 5. The number of pyridine rings is 1. The normalized spacial score (nSPS) is 11.0. The minimum atomic E-state index is -0.119. The first-order valence-corrected chi connectivity index (χ1v) is 11.3. The van der Waals surface area contributed by atoms with E-state index in [1.807, 2.05) is 79.3 Å². The van der Waals surface area contributed by atoms with E-state index < -0.39 is 0 Å². The molecule has 0 fully saturated rings. The summed E-state index contributed by atoms with van der Waals surface area (Å²) in [5, 5.41) is 8.53. The summed E-state index contributed by atoms with van der Waals surface area (Å²) in [6.07, 6.45) is 1.82. The van der Waals surface area contributed by atoms with Crippen LogP contribution in [0.5, 0.6) is 0 Å². The smallest absolute Gasteiger partial charge is 0.252 e. The van der Waals surface area contributed by atoms with Crippen molar-refractivity contribution in [2.45, 2.75) is 27.3 Å². The Hall–Kier alpha value is -4.25. The molecule has 5 heteroatoms. The highest BCUT2D eigenvalue weighted by atomic mass is 16.1. The number of hydrogen-bond acceptors (Lipinski definition) is 3. The Balaban J connectivity index is 1.56.